The average molecular weight is 358 g/mol. The molecule has 2 rings (SSSR count). The fourth-order valence-corrected chi connectivity index (χ4v) is 2.97. The number of likely N-dealkylation sites (tertiary alicyclic amines) is 1. The normalized spacial score (nSPS) is 20.2. The van der Waals surface area contributed by atoms with Crippen LogP contribution in [0.3, 0.4) is 0 Å². The van der Waals surface area contributed by atoms with E-state index in [1.54, 1.807) is 17.0 Å². The fourth-order valence-electron chi connectivity index (χ4n) is 2.97. The second-order valence-corrected chi connectivity index (χ2v) is 6.19. The van der Waals surface area contributed by atoms with Gasteiger partial charge in [-0.3, -0.25) is 9.59 Å². The predicted molar refractivity (Wildman–Crippen MR) is 93.3 cm³/mol. The SMILES string of the molecule is CC1CCN(C(=O)CNC(=O)Cc2cccc(F)c2)C(CN)C1.Cl. The standard InChI is InChI=1S/C17H24FN3O2.ClH/c1-12-5-6-21(15(7-12)10-19)17(23)11-20-16(22)9-13-3-2-4-14(18)8-13;/h2-4,8,12,15H,5-7,9-11,19H2,1H3,(H,20,22);1H. The number of halogens is 2. The van der Waals surface area contributed by atoms with Crippen LogP contribution in [0, 0.1) is 11.7 Å². The number of nitrogens with zero attached hydrogens (tertiary/aromatic N) is 1. The van der Waals surface area contributed by atoms with Crippen molar-refractivity contribution in [2.24, 2.45) is 11.7 Å². The minimum atomic E-state index is -0.375. The lowest BCUT2D eigenvalue weighted by Crippen LogP contribution is -2.52. The van der Waals surface area contributed by atoms with E-state index in [4.69, 9.17) is 5.73 Å². The van der Waals surface area contributed by atoms with Gasteiger partial charge in [0.05, 0.1) is 13.0 Å². The number of hydrogen-bond donors (Lipinski definition) is 2. The van der Waals surface area contributed by atoms with E-state index in [9.17, 15) is 14.0 Å². The Morgan fingerprint density at radius 2 is 2.17 bits per heavy atom. The summed E-state index contributed by atoms with van der Waals surface area (Å²) in [5.41, 5.74) is 6.33. The Morgan fingerprint density at radius 3 is 2.83 bits per heavy atom. The summed E-state index contributed by atoms with van der Waals surface area (Å²) in [5.74, 6) is -0.215. The summed E-state index contributed by atoms with van der Waals surface area (Å²) < 4.78 is 13.1. The zero-order valence-corrected chi connectivity index (χ0v) is 14.7. The van der Waals surface area contributed by atoms with Gasteiger partial charge in [-0.2, -0.15) is 0 Å². The Morgan fingerprint density at radius 1 is 1.42 bits per heavy atom. The number of piperidine rings is 1. The van der Waals surface area contributed by atoms with E-state index < -0.39 is 0 Å². The van der Waals surface area contributed by atoms with Gasteiger partial charge in [-0.1, -0.05) is 19.1 Å². The first-order valence-corrected chi connectivity index (χ1v) is 8.00. The van der Waals surface area contributed by atoms with Crippen LogP contribution in [0.2, 0.25) is 0 Å². The van der Waals surface area contributed by atoms with E-state index in [-0.39, 0.29) is 49.0 Å². The molecule has 0 aliphatic carbocycles. The van der Waals surface area contributed by atoms with Crippen LogP contribution in [-0.2, 0) is 16.0 Å². The van der Waals surface area contributed by atoms with Gasteiger partial charge in [0.2, 0.25) is 11.8 Å². The maximum atomic E-state index is 13.1. The molecule has 1 aromatic carbocycles. The maximum absolute atomic E-state index is 13.1. The van der Waals surface area contributed by atoms with Crippen molar-refractivity contribution in [3.63, 3.8) is 0 Å². The smallest absolute Gasteiger partial charge is 0.242 e. The van der Waals surface area contributed by atoms with Crippen LogP contribution < -0.4 is 11.1 Å². The van der Waals surface area contributed by atoms with Gasteiger partial charge in [-0.25, -0.2) is 4.39 Å². The van der Waals surface area contributed by atoms with Gasteiger partial charge in [0.25, 0.3) is 0 Å². The Balaban J connectivity index is 0.00000288. The summed E-state index contributed by atoms with van der Waals surface area (Å²) in [4.78, 5) is 25.9. The maximum Gasteiger partial charge on any atom is 0.242 e. The second kappa shape index (κ2) is 9.59. The summed E-state index contributed by atoms with van der Waals surface area (Å²) in [7, 11) is 0. The van der Waals surface area contributed by atoms with Gasteiger partial charge in [-0.05, 0) is 36.5 Å². The van der Waals surface area contributed by atoms with E-state index in [1.165, 1.54) is 12.1 Å². The Hall–Kier alpha value is -1.66. The third-order valence-corrected chi connectivity index (χ3v) is 4.26. The molecule has 7 heteroatoms. The van der Waals surface area contributed by atoms with Gasteiger partial charge in [0.1, 0.15) is 5.82 Å². The quantitative estimate of drug-likeness (QED) is 0.838. The van der Waals surface area contributed by atoms with Crippen LogP contribution in [0.15, 0.2) is 24.3 Å². The Bertz CT molecular complexity index is 571. The number of nitrogens with two attached hydrogens (primary N) is 1. The first-order valence-electron chi connectivity index (χ1n) is 8.00. The molecule has 0 radical (unpaired) electrons. The minimum Gasteiger partial charge on any atom is -0.347 e. The monoisotopic (exact) mass is 357 g/mol. The third-order valence-electron chi connectivity index (χ3n) is 4.26. The zero-order valence-electron chi connectivity index (χ0n) is 13.8. The highest BCUT2D eigenvalue weighted by atomic mass is 35.5. The van der Waals surface area contributed by atoms with Crippen LogP contribution in [0.4, 0.5) is 4.39 Å². The summed E-state index contributed by atoms with van der Waals surface area (Å²) in [6.07, 6.45) is 1.92. The highest BCUT2D eigenvalue weighted by Gasteiger charge is 2.28. The summed E-state index contributed by atoms with van der Waals surface area (Å²) in [6.45, 7) is 3.24. The number of amides is 2. The summed E-state index contributed by atoms with van der Waals surface area (Å²) in [6, 6.07) is 5.93. The molecule has 0 spiro atoms. The summed E-state index contributed by atoms with van der Waals surface area (Å²) in [5, 5.41) is 2.61. The Kier molecular flexibility index (Phi) is 8.15. The lowest BCUT2D eigenvalue weighted by atomic mass is 9.92. The lowest BCUT2D eigenvalue weighted by Gasteiger charge is -2.38. The zero-order chi connectivity index (χ0) is 16.8. The van der Waals surface area contributed by atoms with Gasteiger partial charge >= 0.3 is 0 Å². The topological polar surface area (TPSA) is 75.4 Å². The van der Waals surface area contributed by atoms with Crippen LogP contribution in [0.5, 0.6) is 0 Å². The molecule has 1 aliphatic rings. The molecule has 134 valence electrons. The van der Waals surface area contributed by atoms with Crippen LogP contribution in [-0.4, -0.2) is 42.4 Å². The number of benzene rings is 1. The van der Waals surface area contributed by atoms with E-state index >= 15 is 0 Å². The van der Waals surface area contributed by atoms with Gasteiger partial charge in [0.15, 0.2) is 0 Å². The van der Waals surface area contributed by atoms with E-state index in [0.29, 0.717) is 24.6 Å². The highest BCUT2D eigenvalue weighted by Crippen LogP contribution is 2.21. The van der Waals surface area contributed by atoms with E-state index in [1.807, 2.05) is 0 Å². The molecular formula is C17H25ClFN3O2. The number of rotatable bonds is 5. The molecule has 5 nitrogen and oxygen atoms in total. The van der Waals surface area contributed by atoms with Crippen molar-refractivity contribution in [2.45, 2.75) is 32.2 Å². The molecule has 3 N–H and O–H groups in total. The van der Waals surface area contributed by atoms with Crippen LogP contribution in [0.1, 0.15) is 25.3 Å². The molecular weight excluding hydrogens is 333 g/mol. The first-order chi connectivity index (χ1) is 11.0. The Labute approximate surface area is 148 Å². The fraction of sp³-hybridized carbons (Fsp3) is 0.529. The van der Waals surface area contributed by atoms with Crippen molar-refractivity contribution in [3.8, 4) is 0 Å². The second-order valence-electron chi connectivity index (χ2n) is 6.19. The molecule has 1 saturated heterocycles. The van der Waals surface area contributed by atoms with Crippen molar-refractivity contribution >= 4 is 24.2 Å². The minimum absolute atomic E-state index is 0. The molecule has 2 atom stereocenters. The molecule has 0 bridgehead atoms. The number of nitrogens with one attached hydrogen (secondary N) is 1. The third kappa shape index (κ3) is 5.76. The number of carbonyl (C=O) groups excluding carboxylic acids is 2. The molecule has 2 unspecified atom stereocenters. The lowest BCUT2D eigenvalue weighted by molar-refractivity contribution is -0.136. The molecule has 24 heavy (non-hydrogen) atoms. The molecule has 2 amide bonds. The average Bonchev–Trinajstić information content (AvgIpc) is 2.52. The first kappa shape index (κ1) is 20.4. The molecule has 0 saturated carbocycles. The van der Waals surface area contributed by atoms with Crippen molar-refractivity contribution < 1.29 is 14.0 Å². The van der Waals surface area contributed by atoms with Gasteiger partial charge < -0.3 is 16.0 Å². The van der Waals surface area contributed by atoms with E-state index in [2.05, 4.69) is 12.2 Å². The van der Waals surface area contributed by atoms with Gasteiger partial charge in [-0.15, -0.1) is 12.4 Å². The van der Waals surface area contributed by atoms with Crippen LogP contribution in [0.25, 0.3) is 0 Å². The molecule has 1 fully saturated rings. The van der Waals surface area contributed by atoms with E-state index in [0.717, 1.165) is 12.8 Å². The highest BCUT2D eigenvalue weighted by molar-refractivity contribution is 5.86. The predicted octanol–water partition coefficient (Wildman–Crippen LogP) is 1.49. The molecule has 0 aromatic heterocycles. The number of carbonyl (C=O) groups is 2. The summed E-state index contributed by atoms with van der Waals surface area (Å²) >= 11 is 0. The number of hydrogen-bond acceptors (Lipinski definition) is 3. The van der Waals surface area contributed by atoms with Crippen molar-refractivity contribution in [1.29, 1.82) is 0 Å². The molecule has 1 aromatic rings. The van der Waals surface area contributed by atoms with Crippen LogP contribution >= 0.6 is 12.4 Å². The largest absolute Gasteiger partial charge is 0.347 e. The van der Waals surface area contributed by atoms with Crippen molar-refractivity contribution in [2.75, 3.05) is 19.6 Å². The van der Waals surface area contributed by atoms with Gasteiger partial charge in [0, 0.05) is 19.1 Å². The molecule has 1 aliphatic heterocycles. The molecule has 1 heterocycles. The van der Waals surface area contributed by atoms with Crippen molar-refractivity contribution in [3.05, 3.63) is 35.6 Å². The van der Waals surface area contributed by atoms with Crippen molar-refractivity contribution in [1.82, 2.24) is 10.2 Å².